The molecule has 1 fully saturated rings. The van der Waals surface area contributed by atoms with Crippen molar-refractivity contribution in [1.29, 1.82) is 0 Å². The van der Waals surface area contributed by atoms with Gasteiger partial charge in [0.05, 0.1) is 13.7 Å². The predicted molar refractivity (Wildman–Crippen MR) is 79.3 cm³/mol. The topological polar surface area (TPSA) is 50.7 Å². The monoisotopic (exact) mass is 314 g/mol. The van der Waals surface area contributed by atoms with E-state index in [9.17, 15) is 0 Å². The second-order valence-corrected chi connectivity index (χ2v) is 5.27. The summed E-state index contributed by atoms with van der Waals surface area (Å²) >= 11 is 0. The maximum Gasteiger partial charge on any atom is 0.161 e. The Hall–Kier alpha value is -0.970. The molecule has 0 heterocycles. The fourth-order valence-electron chi connectivity index (χ4n) is 2.67. The van der Waals surface area contributed by atoms with Gasteiger partial charge in [-0.3, -0.25) is 0 Å². The molecule has 0 aromatic heterocycles. The van der Waals surface area contributed by atoms with E-state index >= 15 is 0 Å². The van der Waals surface area contributed by atoms with Crippen LogP contribution in [0.15, 0.2) is 18.2 Å². The number of methoxy groups -OCH3 is 1. The minimum atomic E-state index is 0. The van der Waals surface area contributed by atoms with Crippen molar-refractivity contribution in [1.82, 2.24) is 5.32 Å². The smallest absolute Gasteiger partial charge is 0.161 e. The van der Waals surface area contributed by atoms with Crippen LogP contribution in [0.3, 0.4) is 0 Å². The van der Waals surface area contributed by atoms with E-state index in [1.54, 1.807) is 7.11 Å². The molecule has 1 aliphatic carbocycles. The highest BCUT2D eigenvalue weighted by Crippen LogP contribution is 2.28. The van der Waals surface area contributed by atoms with E-state index in [1.807, 2.05) is 18.2 Å². The van der Waals surface area contributed by atoms with Crippen molar-refractivity contribution >= 4 is 0 Å². The lowest BCUT2D eigenvalue weighted by atomic mass is 9.95. The molecule has 0 unspecified atom stereocenters. The summed E-state index contributed by atoms with van der Waals surface area (Å²) in [6, 6.07) is 6.61. The van der Waals surface area contributed by atoms with Crippen molar-refractivity contribution in [2.24, 2.45) is 0 Å². The summed E-state index contributed by atoms with van der Waals surface area (Å²) < 4.78 is 10.8. The van der Waals surface area contributed by atoms with Gasteiger partial charge in [-0.25, -0.2) is 0 Å². The summed E-state index contributed by atoms with van der Waals surface area (Å²) in [5.41, 5.74) is 1.20. The molecule has 0 amide bonds. The van der Waals surface area contributed by atoms with E-state index in [4.69, 9.17) is 14.6 Å². The van der Waals surface area contributed by atoms with Crippen molar-refractivity contribution in [3.63, 3.8) is 0 Å². The summed E-state index contributed by atoms with van der Waals surface area (Å²) in [7, 11) is 1.64. The maximum absolute atomic E-state index is 8.80. The van der Waals surface area contributed by atoms with Gasteiger partial charge in [0.25, 0.3) is 0 Å². The summed E-state index contributed by atoms with van der Waals surface area (Å²) in [6.07, 6.45) is 6.64. The van der Waals surface area contributed by atoms with Crippen LogP contribution in [0.5, 0.6) is 11.5 Å². The lowest BCUT2D eigenvalue weighted by molar-refractivity contribution is -0.00000568. The van der Waals surface area contributed by atoms with Gasteiger partial charge in [0.15, 0.2) is 11.5 Å². The van der Waals surface area contributed by atoms with Gasteiger partial charge in [0, 0.05) is 12.6 Å². The Morgan fingerprint density at radius 2 is 1.95 bits per heavy atom. The third-order valence-electron chi connectivity index (χ3n) is 3.78. The first-order valence-corrected chi connectivity index (χ1v) is 7.47. The van der Waals surface area contributed by atoms with Gasteiger partial charge in [-0.1, -0.05) is 25.3 Å². The van der Waals surface area contributed by atoms with Crippen LogP contribution in [0.4, 0.5) is 0 Å². The fraction of sp³-hybridized carbons (Fsp3) is 0.625. The SMILES string of the molecule is COc1cc(CNC2CCCCC2)ccc1OCCO.[Cl-]. The van der Waals surface area contributed by atoms with Gasteiger partial charge in [0.2, 0.25) is 0 Å². The number of aliphatic hydroxyl groups is 1. The van der Waals surface area contributed by atoms with E-state index in [0.29, 0.717) is 11.8 Å². The molecule has 5 heteroatoms. The molecule has 120 valence electrons. The first-order valence-electron chi connectivity index (χ1n) is 7.47. The third kappa shape index (κ3) is 5.73. The first kappa shape index (κ1) is 18.1. The maximum atomic E-state index is 8.80. The molecule has 0 saturated heterocycles. The van der Waals surface area contributed by atoms with Crippen LogP contribution >= 0.6 is 0 Å². The molecular weight excluding hydrogens is 290 g/mol. The Kier molecular flexibility index (Phi) is 8.50. The van der Waals surface area contributed by atoms with Crippen molar-refractivity contribution < 1.29 is 27.0 Å². The third-order valence-corrected chi connectivity index (χ3v) is 3.78. The normalized spacial score (nSPS) is 15.3. The number of ether oxygens (including phenoxy) is 2. The minimum Gasteiger partial charge on any atom is -1.00 e. The number of hydrogen-bond acceptors (Lipinski definition) is 4. The summed E-state index contributed by atoms with van der Waals surface area (Å²) in [4.78, 5) is 0. The second kappa shape index (κ2) is 9.87. The molecule has 0 spiro atoms. The molecule has 2 rings (SSSR count). The zero-order valence-electron chi connectivity index (χ0n) is 12.6. The molecule has 0 aliphatic heterocycles. The van der Waals surface area contributed by atoms with Crippen LogP contribution in [-0.4, -0.2) is 31.5 Å². The molecule has 21 heavy (non-hydrogen) atoms. The zero-order valence-corrected chi connectivity index (χ0v) is 13.4. The highest BCUT2D eigenvalue weighted by atomic mass is 35.5. The molecule has 2 N–H and O–H groups in total. The number of hydrogen-bond donors (Lipinski definition) is 2. The lowest BCUT2D eigenvalue weighted by Crippen LogP contribution is -3.00. The van der Waals surface area contributed by atoms with Gasteiger partial charge in [-0.05, 0) is 30.5 Å². The summed E-state index contributed by atoms with van der Waals surface area (Å²) in [5, 5.41) is 12.4. The standard InChI is InChI=1S/C16H25NO3.ClH/c1-19-16-11-13(7-8-15(16)20-10-9-18)12-17-14-5-3-2-4-6-14;/h7-8,11,14,17-18H,2-6,9-10,12H2,1H3;1H/p-1. The molecule has 0 atom stereocenters. The van der Waals surface area contributed by atoms with Crippen LogP contribution in [0.1, 0.15) is 37.7 Å². The van der Waals surface area contributed by atoms with Crippen LogP contribution in [0.25, 0.3) is 0 Å². The van der Waals surface area contributed by atoms with Crippen molar-refractivity contribution in [2.45, 2.75) is 44.7 Å². The minimum absolute atomic E-state index is 0. The van der Waals surface area contributed by atoms with Crippen molar-refractivity contribution in [3.05, 3.63) is 23.8 Å². The van der Waals surface area contributed by atoms with E-state index in [0.717, 1.165) is 12.3 Å². The molecule has 0 radical (unpaired) electrons. The average molecular weight is 315 g/mol. The van der Waals surface area contributed by atoms with Gasteiger partial charge in [0.1, 0.15) is 6.61 Å². The van der Waals surface area contributed by atoms with E-state index in [2.05, 4.69) is 5.32 Å². The van der Waals surface area contributed by atoms with Gasteiger partial charge >= 0.3 is 0 Å². The molecule has 4 nitrogen and oxygen atoms in total. The molecular formula is C16H25ClNO3-. The zero-order chi connectivity index (χ0) is 14.2. The largest absolute Gasteiger partial charge is 1.00 e. The average Bonchev–Trinajstić information content (AvgIpc) is 2.52. The van der Waals surface area contributed by atoms with Gasteiger partial charge in [-0.15, -0.1) is 0 Å². The summed E-state index contributed by atoms with van der Waals surface area (Å²) in [5.74, 6) is 1.41. The highest BCUT2D eigenvalue weighted by Gasteiger charge is 2.13. The van der Waals surface area contributed by atoms with E-state index < -0.39 is 0 Å². The Morgan fingerprint density at radius 1 is 1.19 bits per heavy atom. The number of nitrogens with one attached hydrogen (secondary N) is 1. The number of benzene rings is 1. The molecule has 1 aliphatic rings. The van der Waals surface area contributed by atoms with Crippen LogP contribution in [-0.2, 0) is 6.54 Å². The predicted octanol–water partition coefficient (Wildman–Crippen LogP) is -0.507. The lowest BCUT2D eigenvalue weighted by Gasteiger charge is -2.23. The Labute approximate surface area is 133 Å². The number of halogens is 1. The number of rotatable bonds is 7. The van der Waals surface area contributed by atoms with Gasteiger partial charge in [-0.2, -0.15) is 0 Å². The van der Waals surface area contributed by atoms with E-state index in [1.165, 1.54) is 37.7 Å². The van der Waals surface area contributed by atoms with Crippen molar-refractivity contribution in [2.75, 3.05) is 20.3 Å². The quantitative estimate of drug-likeness (QED) is 0.712. The summed E-state index contributed by atoms with van der Waals surface area (Å²) in [6.45, 7) is 1.16. The van der Waals surface area contributed by atoms with Gasteiger partial charge < -0.3 is 32.3 Å². The van der Waals surface area contributed by atoms with E-state index in [-0.39, 0.29) is 25.6 Å². The van der Waals surface area contributed by atoms with Crippen LogP contribution in [0, 0.1) is 0 Å². The highest BCUT2D eigenvalue weighted by molar-refractivity contribution is 5.42. The first-order chi connectivity index (χ1) is 9.83. The molecule has 1 aromatic rings. The molecule has 1 saturated carbocycles. The molecule has 1 aromatic carbocycles. The molecule has 0 bridgehead atoms. The second-order valence-electron chi connectivity index (χ2n) is 5.27. The number of aliphatic hydroxyl groups excluding tert-OH is 1. The fourth-order valence-corrected chi connectivity index (χ4v) is 2.67. The Bertz CT molecular complexity index is 409. The van der Waals surface area contributed by atoms with Crippen molar-refractivity contribution in [3.8, 4) is 11.5 Å². The van der Waals surface area contributed by atoms with Crippen LogP contribution < -0.4 is 27.2 Å². The van der Waals surface area contributed by atoms with Crippen LogP contribution in [0.2, 0.25) is 0 Å². The Balaban J connectivity index is 0.00000220. The Morgan fingerprint density at radius 3 is 2.62 bits per heavy atom.